The second kappa shape index (κ2) is 6.02. The van der Waals surface area contributed by atoms with Crippen molar-refractivity contribution in [2.45, 2.75) is 12.1 Å². The third-order valence-corrected chi connectivity index (χ3v) is 3.27. The molecule has 20 heavy (non-hydrogen) atoms. The van der Waals surface area contributed by atoms with Crippen LogP contribution in [0.4, 0.5) is 15.8 Å². The Labute approximate surface area is 115 Å². The minimum Gasteiger partial charge on any atom is -0.490 e. The molecular weight excluding hydrogens is 269 g/mol. The van der Waals surface area contributed by atoms with Crippen LogP contribution < -0.4 is 15.4 Å². The van der Waals surface area contributed by atoms with Crippen LogP contribution in [0.25, 0.3) is 0 Å². The zero-order valence-electron chi connectivity index (χ0n) is 11.2. The summed E-state index contributed by atoms with van der Waals surface area (Å²) in [6.45, 7) is 1.29. The number of hydrogen-bond acceptors (Lipinski definition) is 6. The van der Waals surface area contributed by atoms with Gasteiger partial charge in [0.25, 0.3) is 0 Å². The Kier molecular flexibility index (Phi) is 4.35. The molecule has 1 aromatic rings. The van der Waals surface area contributed by atoms with Gasteiger partial charge in [0, 0.05) is 26.3 Å². The Balaban J connectivity index is 2.26. The highest BCUT2D eigenvalue weighted by molar-refractivity contribution is 5.59. The van der Waals surface area contributed by atoms with Crippen LogP contribution in [0.3, 0.4) is 0 Å². The number of nitro groups is 1. The molecule has 1 heterocycles. The Morgan fingerprint density at radius 2 is 2.20 bits per heavy atom. The van der Waals surface area contributed by atoms with Crippen molar-refractivity contribution in [2.75, 3.05) is 32.6 Å². The molecule has 1 unspecified atom stereocenters. The molecule has 7 nitrogen and oxygen atoms in total. The van der Waals surface area contributed by atoms with Crippen molar-refractivity contribution in [1.29, 1.82) is 0 Å². The van der Waals surface area contributed by atoms with Crippen molar-refractivity contribution in [3.63, 3.8) is 0 Å². The van der Waals surface area contributed by atoms with E-state index in [4.69, 9.17) is 9.47 Å². The Morgan fingerprint density at radius 3 is 2.80 bits per heavy atom. The molecule has 0 radical (unpaired) electrons. The van der Waals surface area contributed by atoms with Crippen LogP contribution in [-0.4, -0.2) is 44.4 Å². The Bertz CT molecular complexity index is 512. The summed E-state index contributed by atoms with van der Waals surface area (Å²) in [5, 5.41) is 16.9. The zero-order chi connectivity index (χ0) is 14.7. The molecule has 2 atom stereocenters. The molecule has 1 saturated heterocycles. The van der Waals surface area contributed by atoms with Crippen LogP contribution >= 0.6 is 0 Å². The third kappa shape index (κ3) is 2.81. The summed E-state index contributed by atoms with van der Waals surface area (Å²) in [4.78, 5) is 10.1. The highest BCUT2D eigenvalue weighted by Crippen LogP contribution is 2.32. The average molecular weight is 285 g/mol. The molecule has 0 saturated carbocycles. The van der Waals surface area contributed by atoms with Gasteiger partial charge in [-0.3, -0.25) is 10.1 Å². The van der Waals surface area contributed by atoms with Gasteiger partial charge >= 0.3 is 5.69 Å². The fourth-order valence-electron chi connectivity index (χ4n) is 2.21. The van der Waals surface area contributed by atoms with Gasteiger partial charge in [-0.05, 0) is 0 Å². The van der Waals surface area contributed by atoms with Crippen LogP contribution in [0.5, 0.6) is 5.75 Å². The van der Waals surface area contributed by atoms with Crippen molar-refractivity contribution in [3.05, 3.63) is 28.1 Å². The highest BCUT2D eigenvalue weighted by atomic mass is 19.1. The smallest absolute Gasteiger partial charge is 0.313 e. The first kappa shape index (κ1) is 14.5. The third-order valence-electron chi connectivity index (χ3n) is 3.27. The van der Waals surface area contributed by atoms with E-state index in [0.717, 1.165) is 6.07 Å². The molecule has 1 aliphatic rings. The predicted octanol–water partition coefficient (Wildman–Crippen LogP) is 1.14. The lowest BCUT2D eigenvalue weighted by Gasteiger charge is -2.20. The van der Waals surface area contributed by atoms with Crippen molar-refractivity contribution in [3.8, 4) is 5.75 Å². The van der Waals surface area contributed by atoms with Crippen LogP contribution in [0.15, 0.2) is 12.1 Å². The number of halogens is 1. The summed E-state index contributed by atoms with van der Waals surface area (Å²) in [6, 6.07) is 2.03. The number of nitrogens with one attached hydrogen (secondary N) is 2. The molecule has 110 valence electrons. The van der Waals surface area contributed by atoms with Gasteiger partial charge in [0.15, 0.2) is 11.6 Å². The minimum atomic E-state index is -0.695. The van der Waals surface area contributed by atoms with Crippen LogP contribution in [0.2, 0.25) is 0 Å². The van der Waals surface area contributed by atoms with Crippen LogP contribution in [0, 0.1) is 15.9 Å². The monoisotopic (exact) mass is 285 g/mol. The lowest BCUT2D eigenvalue weighted by molar-refractivity contribution is -0.385. The largest absolute Gasteiger partial charge is 0.490 e. The first-order valence-electron chi connectivity index (χ1n) is 6.08. The number of benzene rings is 1. The van der Waals surface area contributed by atoms with Crippen LogP contribution in [-0.2, 0) is 4.74 Å². The number of ether oxygens (including phenoxy) is 2. The van der Waals surface area contributed by atoms with E-state index in [9.17, 15) is 14.5 Å². The molecule has 0 spiro atoms. The molecule has 1 aromatic carbocycles. The molecule has 2 N–H and O–H groups in total. The molecule has 1 fully saturated rings. The van der Waals surface area contributed by atoms with E-state index in [1.54, 1.807) is 7.11 Å². The molecule has 8 heteroatoms. The number of rotatable bonds is 5. The van der Waals surface area contributed by atoms with Gasteiger partial charge < -0.3 is 20.1 Å². The fourth-order valence-corrected chi connectivity index (χ4v) is 2.21. The van der Waals surface area contributed by atoms with Gasteiger partial charge in [-0.25, -0.2) is 4.39 Å². The molecule has 2 rings (SSSR count). The quantitative estimate of drug-likeness (QED) is 0.623. The summed E-state index contributed by atoms with van der Waals surface area (Å²) < 4.78 is 24.1. The number of methoxy groups -OCH3 is 2. The lowest BCUT2D eigenvalue weighted by atomic mass is 10.2. The van der Waals surface area contributed by atoms with E-state index in [1.165, 1.54) is 13.2 Å². The molecule has 0 amide bonds. The molecular formula is C12H16FN3O4. The number of nitro benzene ring substituents is 1. The molecule has 1 aliphatic heterocycles. The SMILES string of the molecule is COc1cc(NC2CNC[C@@H]2OC)c(F)cc1[N+](=O)[O-]. The van der Waals surface area contributed by atoms with E-state index in [2.05, 4.69) is 10.6 Å². The Morgan fingerprint density at radius 1 is 1.45 bits per heavy atom. The van der Waals surface area contributed by atoms with E-state index < -0.39 is 16.4 Å². The number of anilines is 1. The molecule has 0 aliphatic carbocycles. The maximum Gasteiger partial charge on any atom is 0.313 e. The van der Waals surface area contributed by atoms with E-state index in [-0.39, 0.29) is 23.6 Å². The number of nitrogens with zero attached hydrogens (tertiary/aromatic N) is 1. The van der Waals surface area contributed by atoms with Gasteiger partial charge in [0.05, 0.1) is 35.9 Å². The van der Waals surface area contributed by atoms with Crippen molar-refractivity contribution >= 4 is 11.4 Å². The summed E-state index contributed by atoms with van der Waals surface area (Å²) in [5.41, 5.74) is -0.244. The predicted molar refractivity (Wildman–Crippen MR) is 70.7 cm³/mol. The van der Waals surface area contributed by atoms with E-state index in [0.29, 0.717) is 13.1 Å². The summed E-state index contributed by atoms with van der Waals surface area (Å²) >= 11 is 0. The highest BCUT2D eigenvalue weighted by Gasteiger charge is 2.28. The minimum absolute atomic E-state index is 0.0128. The van der Waals surface area contributed by atoms with Crippen molar-refractivity contribution < 1.29 is 18.8 Å². The van der Waals surface area contributed by atoms with E-state index in [1.807, 2.05) is 0 Å². The standard InChI is InChI=1S/C12H16FN3O4/c1-19-11-4-8(7(13)3-10(11)16(17)18)15-9-5-14-6-12(9)20-2/h3-4,9,12,14-15H,5-6H2,1-2H3/t9?,12-/m0/s1. The van der Waals surface area contributed by atoms with Gasteiger partial charge in [-0.1, -0.05) is 0 Å². The maximum absolute atomic E-state index is 13.9. The van der Waals surface area contributed by atoms with Gasteiger partial charge in [-0.2, -0.15) is 0 Å². The Hall–Kier alpha value is -1.93. The van der Waals surface area contributed by atoms with Gasteiger partial charge in [-0.15, -0.1) is 0 Å². The summed E-state index contributed by atoms with van der Waals surface area (Å²) in [6.07, 6.45) is -0.0874. The van der Waals surface area contributed by atoms with Crippen molar-refractivity contribution in [2.24, 2.45) is 0 Å². The second-order valence-electron chi connectivity index (χ2n) is 4.44. The second-order valence-corrected chi connectivity index (χ2v) is 4.44. The number of hydrogen-bond donors (Lipinski definition) is 2. The normalized spacial score (nSPS) is 21.8. The molecule has 0 bridgehead atoms. The first-order chi connectivity index (χ1) is 9.56. The van der Waals surface area contributed by atoms with Crippen LogP contribution in [0.1, 0.15) is 0 Å². The average Bonchev–Trinajstić information content (AvgIpc) is 2.87. The summed E-state index contributed by atoms with van der Waals surface area (Å²) in [7, 11) is 2.89. The fraction of sp³-hybridized carbons (Fsp3) is 0.500. The van der Waals surface area contributed by atoms with Gasteiger partial charge in [0.2, 0.25) is 0 Å². The first-order valence-corrected chi connectivity index (χ1v) is 6.08. The van der Waals surface area contributed by atoms with Gasteiger partial charge in [0.1, 0.15) is 0 Å². The zero-order valence-corrected chi connectivity index (χ0v) is 11.2. The molecule has 0 aromatic heterocycles. The summed E-state index contributed by atoms with van der Waals surface area (Å²) in [5.74, 6) is -0.682. The lowest BCUT2D eigenvalue weighted by Crippen LogP contribution is -2.33. The topological polar surface area (TPSA) is 85.7 Å². The maximum atomic E-state index is 13.9. The van der Waals surface area contributed by atoms with Crippen molar-refractivity contribution in [1.82, 2.24) is 5.32 Å². The van der Waals surface area contributed by atoms with E-state index >= 15 is 0 Å².